The fraction of sp³-hybridized carbons (Fsp3) is 0.0526. The van der Waals surface area contributed by atoms with Crippen LogP contribution in [0.5, 0.6) is 0 Å². The Morgan fingerprint density at radius 1 is 1.07 bits per heavy atom. The molecule has 0 saturated carbocycles. The van der Waals surface area contributed by atoms with Crippen molar-refractivity contribution in [2.45, 2.75) is 5.16 Å². The van der Waals surface area contributed by atoms with Crippen molar-refractivity contribution >= 4 is 44.8 Å². The number of carbonyl (C=O) groups excluding carboxylic acids is 1. The van der Waals surface area contributed by atoms with Gasteiger partial charge in [-0.25, -0.2) is 4.39 Å². The molecule has 0 bridgehead atoms. The van der Waals surface area contributed by atoms with E-state index in [1.807, 2.05) is 22.8 Å². The van der Waals surface area contributed by atoms with E-state index in [0.29, 0.717) is 21.5 Å². The van der Waals surface area contributed by atoms with Crippen LogP contribution in [-0.4, -0.2) is 31.3 Å². The number of pyridine rings is 1. The summed E-state index contributed by atoms with van der Waals surface area (Å²) in [4.78, 5) is 17.2. The largest absolute Gasteiger partial charge is 0.292 e. The van der Waals surface area contributed by atoms with E-state index in [0.717, 1.165) is 9.35 Å². The number of thioether (sulfide) groups is 1. The van der Waals surface area contributed by atoms with Gasteiger partial charge in [-0.1, -0.05) is 11.8 Å². The van der Waals surface area contributed by atoms with Crippen molar-refractivity contribution in [2.24, 2.45) is 0 Å². The number of ketones is 1. The third-order valence-electron chi connectivity index (χ3n) is 3.84. The van der Waals surface area contributed by atoms with Crippen LogP contribution in [0.25, 0.3) is 17.1 Å². The Kier molecular flexibility index (Phi) is 5.65. The van der Waals surface area contributed by atoms with Crippen LogP contribution in [0.1, 0.15) is 9.67 Å². The monoisotopic (exact) mass is 474 g/mol. The summed E-state index contributed by atoms with van der Waals surface area (Å²) in [5.74, 6) is 0.514. The molecule has 0 saturated heterocycles. The molecule has 4 aromatic rings. The minimum absolute atomic E-state index is 0.0137. The summed E-state index contributed by atoms with van der Waals surface area (Å²) < 4.78 is 16.1. The van der Waals surface area contributed by atoms with E-state index >= 15 is 0 Å². The standard InChI is InChI=1S/C19H12BrFN4OS2/c20-17-6-5-16(28-17)15(26)11-27-19-24-23-18(12-7-9-22-10-8-12)25(19)14-3-1-13(21)2-4-14/h1-10H,11H2. The number of Topliss-reactive ketones (excluding diaryl/α,β-unsaturated/α-hetero) is 1. The molecule has 0 unspecified atom stereocenters. The number of nitrogens with zero attached hydrogens (tertiary/aromatic N) is 4. The maximum Gasteiger partial charge on any atom is 0.196 e. The van der Waals surface area contributed by atoms with Crippen LogP contribution in [0.4, 0.5) is 4.39 Å². The lowest BCUT2D eigenvalue weighted by Crippen LogP contribution is -2.03. The first kappa shape index (κ1) is 19.0. The van der Waals surface area contributed by atoms with Gasteiger partial charge in [-0.15, -0.1) is 21.5 Å². The maximum atomic E-state index is 13.4. The summed E-state index contributed by atoms with van der Waals surface area (Å²) in [6.07, 6.45) is 3.34. The highest BCUT2D eigenvalue weighted by Gasteiger charge is 2.18. The van der Waals surface area contributed by atoms with Gasteiger partial charge in [-0.2, -0.15) is 0 Å². The number of rotatable bonds is 6. The summed E-state index contributed by atoms with van der Waals surface area (Å²) in [6, 6.07) is 13.4. The Morgan fingerprint density at radius 2 is 1.82 bits per heavy atom. The van der Waals surface area contributed by atoms with Crippen LogP contribution >= 0.6 is 39.0 Å². The van der Waals surface area contributed by atoms with Crippen molar-refractivity contribution in [1.82, 2.24) is 19.7 Å². The Balaban J connectivity index is 1.68. The van der Waals surface area contributed by atoms with Crippen molar-refractivity contribution in [3.63, 3.8) is 0 Å². The lowest BCUT2D eigenvalue weighted by Gasteiger charge is -2.10. The fourth-order valence-corrected chi connectivity index (χ4v) is 4.79. The van der Waals surface area contributed by atoms with Crippen molar-refractivity contribution < 1.29 is 9.18 Å². The SMILES string of the molecule is O=C(CSc1nnc(-c2ccncc2)n1-c1ccc(F)cc1)c1ccc(Br)s1. The highest BCUT2D eigenvalue weighted by Crippen LogP contribution is 2.29. The van der Waals surface area contributed by atoms with E-state index < -0.39 is 0 Å². The molecule has 1 aromatic carbocycles. The number of thiophene rings is 1. The molecule has 9 heteroatoms. The van der Waals surface area contributed by atoms with Crippen molar-refractivity contribution in [1.29, 1.82) is 0 Å². The Bertz CT molecular complexity index is 1110. The average Bonchev–Trinajstić information content (AvgIpc) is 3.34. The van der Waals surface area contributed by atoms with Crippen molar-refractivity contribution in [3.8, 4) is 17.1 Å². The zero-order valence-corrected chi connectivity index (χ0v) is 17.5. The zero-order valence-electron chi connectivity index (χ0n) is 14.3. The van der Waals surface area contributed by atoms with Gasteiger partial charge in [0.2, 0.25) is 0 Å². The molecule has 3 heterocycles. The van der Waals surface area contributed by atoms with Crippen LogP contribution in [-0.2, 0) is 0 Å². The van der Waals surface area contributed by atoms with E-state index in [1.54, 1.807) is 30.6 Å². The highest BCUT2D eigenvalue weighted by molar-refractivity contribution is 9.11. The summed E-state index contributed by atoms with van der Waals surface area (Å²) in [6.45, 7) is 0. The van der Waals surface area contributed by atoms with Gasteiger partial charge in [0.25, 0.3) is 0 Å². The van der Waals surface area contributed by atoms with E-state index in [-0.39, 0.29) is 17.4 Å². The molecule has 0 fully saturated rings. The van der Waals surface area contributed by atoms with Gasteiger partial charge in [-0.3, -0.25) is 14.3 Å². The third-order valence-corrected chi connectivity index (χ3v) is 6.43. The van der Waals surface area contributed by atoms with Crippen molar-refractivity contribution in [2.75, 3.05) is 5.75 Å². The van der Waals surface area contributed by atoms with Crippen molar-refractivity contribution in [3.05, 3.63) is 75.4 Å². The van der Waals surface area contributed by atoms with Crippen LogP contribution in [0.3, 0.4) is 0 Å². The molecule has 0 aliphatic rings. The molecule has 0 radical (unpaired) electrons. The van der Waals surface area contributed by atoms with Crippen LogP contribution in [0.15, 0.2) is 69.9 Å². The first-order chi connectivity index (χ1) is 13.6. The first-order valence-corrected chi connectivity index (χ1v) is 10.7. The maximum absolute atomic E-state index is 13.4. The summed E-state index contributed by atoms with van der Waals surface area (Å²) in [5.41, 5.74) is 1.54. The van der Waals surface area contributed by atoms with Crippen LogP contribution in [0, 0.1) is 5.82 Å². The summed E-state index contributed by atoms with van der Waals surface area (Å²) in [7, 11) is 0. The average molecular weight is 475 g/mol. The second kappa shape index (κ2) is 8.34. The Hall–Kier alpha value is -2.36. The minimum Gasteiger partial charge on any atom is -0.292 e. The second-order valence-electron chi connectivity index (χ2n) is 5.67. The molecular formula is C19H12BrFN4OS2. The quantitative estimate of drug-likeness (QED) is 0.281. The second-order valence-corrected chi connectivity index (χ2v) is 9.08. The molecular weight excluding hydrogens is 463 g/mol. The number of carbonyl (C=O) groups is 1. The Labute approximate surface area is 176 Å². The van der Waals surface area contributed by atoms with Gasteiger partial charge in [-0.05, 0) is 64.5 Å². The molecule has 140 valence electrons. The molecule has 0 amide bonds. The number of aromatic nitrogens is 4. The molecule has 0 aliphatic carbocycles. The van der Waals surface area contributed by atoms with Gasteiger partial charge in [0.15, 0.2) is 16.8 Å². The fourth-order valence-electron chi connectivity index (χ4n) is 2.54. The minimum atomic E-state index is -0.324. The van der Waals surface area contributed by atoms with Gasteiger partial charge in [0.05, 0.1) is 14.4 Å². The van der Waals surface area contributed by atoms with E-state index in [2.05, 4.69) is 31.1 Å². The van der Waals surface area contributed by atoms with Gasteiger partial charge in [0, 0.05) is 23.6 Å². The predicted molar refractivity (Wildman–Crippen MR) is 112 cm³/mol. The number of hydrogen-bond donors (Lipinski definition) is 0. The lowest BCUT2D eigenvalue weighted by atomic mass is 10.2. The smallest absolute Gasteiger partial charge is 0.196 e. The number of halogens is 2. The van der Waals surface area contributed by atoms with Gasteiger partial charge in [0.1, 0.15) is 5.82 Å². The first-order valence-electron chi connectivity index (χ1n) is 8.15. The molecule has 0 atom stereocenters. The lowest BCUT2D eigenvalue weighted by molar-refractivity contribution is 0.102. The molecule has 0 aliphatic heterocycles. The number of hydrogen-bond acceptors (Lipinski definition) is 6. The van der Waals surface area contributed by atoms with Crippen LogP contribution < -0.4 is 0 Å². The summed E-state index contributed by atoms with van der Waals surface area (Å²) in [5, 5.41) is 9.12. The molecule has 28 heavy (non-hydrogen) atoms. The zero-order chi connectivity index (χ0) is 19.5. The Morgan fingerprint density at radius 3 is 2.50 bits per heavy atom. The molecule has 0 N–H and O–H groups in total. The number of benzene rings is 1. The van der Waals surface area contributed by atoms with Crippen LogP contribution in [0.2, 0.25) is 0 Å². The molecule has 0 spiro atoms. The normalized spacial score (nSPS) is 10.9. The molecule has 4 rings (SSSR count). The van der Waals surface area contributed by atoms with E-state index in [1.165, 1.54) is 35.2 Å². The summed E-state index contributed by atoms with van der Waals surface area (Å²) >= 11 is 6.06. The topological polar surface area (TPSA) is 60.7 Å². The van der Waals surface area contributed by atoms with E-state index in [4.69, 9.17) is 0 Å². The highest BCUT2D eigenvalue weighted by atomic mass is 79.9. The van der Waals surface area contributed by atoms with Gasteiger partial charge >= 0.3 is 0 Å². The predicted octanol–water partition coefficient (Wildman–Crippen LogP) is 5.27. The van der Waals surface area contributed by atoms with Gasteiger partial charge < -0.3 is 0 Å². The van der Waals surface area contributed by atoms with E-state index in [9.17, 15) is 9.18 Å². The molecule has 3 aromatic heterocycles. The third kappa shape index (κ3) is 4.06. The molecule has 5 nitrogen and oxygen atoms in total.